The van der Waals surface area contributed by atoms with Crippen LogP contribution in [-0.4, -0.2) is 65.6 Å². The molecular formula is C19H27ClN4O5. The molecule has 29 heavy (non-hydrogen) atoms. The zero-order valence-electron chi connectivity index (χ0n) is 16.9. The van der Waals surface area contributed by atoms with E-state index in [4.69, 9.17) is 16.3 Å². The van der Waals surface area contributed by atoms with Gasteiger partial charge in [-0.2, -0.15) is 0 Å². The van der Waals surface area contributed by atoms with Gasteiger partial charge in [0.15, 0.2) is 0 Å². The van der Waals surface area contributed by atoms with E-state index >= 15 is 0 Å². The third-order valence-corrected chi connectivity index (χ3v) is 4.99. The van der Waals surface area contributed by atoms with E-state index in [0.717, 1.165) is 6.42 Å². The molecule has 1 N–H and O–H groups in total. The number of carbonyl (C=O) groups is 2. The van der Waals surface area contributed by atoms with Crippen LogP contribution >= 0.6 is 11.6 Å². The van der Waals surface area contributed by atoms with Gasteiger partial charge in [-0.15, -0.1) is 0 Å². The van der Waals surface area contributed by atoms with Crippen molar-refractivity contribution < 1.29 is 19.2 Å². The maximum atomic E-state index is 12.6. The highest BCUT2D eigenvalue weighted by molar-refractivity contribution is 6.34. The van der Waals surface area contributed by atoms with E-state index in [1.54, 1.807) is 11.8 Å². The minimum absolute atomic E-state index is 0.106. The van der Waals surface area contributed by atoms with Crippen molar-refractivity contribution in [2.24, 2.45) is 5.92 Å². The van der Waals surface area contributed by atoms with Crippen LogP contribution in [0, 0.1) is 16.0 Å². The van der Waals surface area contributed by atoms with Crippen molar-refractivity contribution in [1.29, 1.82) is 0 Å². The number of rotatable bonds is 6. The zero-order valence-corrected chi connectivity index (χ0v) is 17.6. The summed E-state index contributed by atoms with van der Waals surface area (Å²) < 4.78 is 5.29. The molecule has 0 aromatic heterocycles. The van der Waals surface area contributed by atoms with E-state index < -0.39 is 11.0 Å². The average Bonchev–Trinajstić information content (AvgIpc) is 2.93. The molecule has 1 aromatic rings. The number of hydrogen-bond acceptors (Lipinski definition) is 6. The first-order chi connectivity index (χ1) is 13.7. The lowest BCUT2D eigenvalue weighted by atomic mass is 10.2. The van der Waals surface area contributed by atoms with Gasteiger partial charge in [0.25, 0.3) is 5.69 Å². The van der Waals surface area contributed by atoms with Crippen LogP contribution in [0.15, 0.2) is 18.2 Å². The molecule has 160 valence electrons. The highest BCUT2D eigenvalue weighted by Crippen LogP contribution is 2.27. The predicted octanol–water partition coefficient (Wildman–Crippen LogP) is 3.38. The summed E-state index contributed by atoms with van der Waals surface area (Å²) in [5, 5.41) is 13.6. The predicted molar refractivity (Wildman–Crippen MR) is 110 cm³/mol. The Morgan fingerprint density at radius 1 is 1.24 bits per heavy atom. The van der Waals surface area contributed by atoms with Crippen molar-refractivity contribution in [2.45, 2.75) is 33.2 Å². The van der Waals surface area contributed by atoms with Gasteiger partial charge in [-0.1, -0.05) is 25.4 Å². The molecule has 0 radical (unpaired) electrons. The molecule has 0 aliphatic carbocycles. The van der Waals surface area contributed by atoms with Crippen LogP contribution in [0.1, 0.15) is 27.2 Å². The number of nitro groups is 1. The summed E-state index contributed by atoms with van der Waals surface area (Å²) in [4.78, 5) is 38.7. The summed E-state index contributed by atoms with van der Waals surface area (Å²) >= 11 is 6.05. The second-order valence-corrected chi connectivity index (χ2v) is 7.84. The first-order valence-electron chi connectivity index (χ1n) is 9.59. The third-order valence-electron chi connectivity index (χ3n) is 4.68. The van der Waals surface area contributed by atoms with E-state index in [9.17, 15) is 19.7 Å². The lowest BCUT2D eigenvalue weighted by molar-refractivity contribution is -0.384. The molecule has 1 aliphatic heterocycles. The normalized spacial score (nSPS) is 16.2. The maximum Gasteiger partial charge on any atom is 0.409 e. The molecule has 0 bridgehead atoms. The Morgan fingerprint density at radius 3 is 2.59 bits per heavy atom. The number of carbonyl (C=O) groups excluding carboxylic acids is 2. The van der Waals surface area contributed by atoms with Gasteiger partial charge in [-0.05, 0) is 25.3 Å². The van der Waals surface area contributed by atoms with Gasteiger partial charge in [0, 0.05) is 38.3 Å². The summed E-state index contributed by atoms with van der Waals surface area (Å²) in [7, 11) is 0. The Bertz CT molecular complexity index is 758. The third kappa shape index (κ3) is 6.57. The molecule has 1 unspecified atom stereocenters. The summed E-state index contributed by atoms with van der Waals surface area (Å²) in [5.41, 5.74) is 0.181. The van der Waals surface area contributed by atoms with Crippen LogP contribution in [0.4, 0.5) is 16.2 Å². The fourth-order valence-electron chi connectivity index (χ4n) is 2.96. The number of benzene rings is 1. The van der Waals surface area contributed by atoms with E-state index in [-0.39, 0.29) is 28.6 Å². The van der Waals surface area contributed by atoms with Crippen molar-refractivity contribution in [3.63, 3.8) is 0 Å². The SMILES string of the molecule is CC(C)COC(=O)N1CCCN(C(C)C(=O)Nc2ccc([N+](=O)[O-])cc2Cl)CC1. The van der Waals surface area contributed by atoms with Gasteiger partial charge < -0.3 is 15.0 Å². The Balaban J connectivity index is 1.93. The Morgan fingerprint density at radius 2 is 1.97 bits per heavy atom. The average molecular weight is 427 g/mol. The molecule has 1 aliphatic rings. The van der Waals surface area contributed by atoms with Crippen molar-refractivity contribution in [3.8, 4) is 0 Å². The lowest BCUT2D eigenvalue weighted by Crippen LogP contribution is -2.44. The van der Waals surface area contributed by atoms with Gasteiger partial charge in [0.1, 0.15) is 0 Å². The molecular weight excluding hydrogens is 400 g/mol. The molecule has 10 heteroatoms. The standard InChI is InChI=1S/C19H27ClN4O5/c1-13(2)12-29-19(26)23-8-4-7-22(9-10-23)14(3)18(25)21-17-6-5-15(24(27)28)11-16(17)20/h5-6,11,13-14H,4,7-10,12H2,1-3H3,(H,21,25). The van der Waals surface area contributed by atoms with Crippen LogP contribution in [0.2, 0.25) is 5.02 Å². The van der Waals surface area contributed by atoms with Crippen LogP contribution in [0.25, 0.3) is 0 Å². The van der Waals surface area contributed by atoms with Crippen LogP contribution < -0.4 is 5.32 Å². The fourth-order valence-corrected chi connectivity index (χ4v) is 3.18. The van der Waals surface area contributed by atoms with Crippen molar-refractivity contribution >= 4 is 35.0 Å². The maximum absolute atomic E-state index is 12.6. The number of halogens is 1. The monoisotopic (exact) mass is 426 g/mol. The molecule has 0 saturated carbocycles. The van der Waals surface area contributed by atoms with E-state index in [2.05, 4.69) is 5.32 Å². The molecule has 1 atom stereocenters. The quantitative estimate of drug-likeness (QED) is 0.552. The highest BCUT2D eigenvalue weighted by atomic mass is 35.5. The molecule has 1 heterocycles. The second kappa shape index (κ2) is 10.4. The summed E-state index contributed by atoms with van der Waals surface area (Å²) in [6, 6.07) is 3.46. The molecule has 0 spiro atoms. The van der Waals surface area contributed by atoms with Gasteiger partial charge in [0.2, 0.25) is 5.91 Å². The van der Waals surface area contributed by atoms with Crippen molar-refractivity contribution in [3.05, 3.63) is 33.3 Å². The largest absolute Gasteiger partial charge is 0.449 e. The second-order valence-electron chi connectivity index (χ2n) is 7.43. The summed E-state index contributed by atoms with van der Waals surface area (Å²) in [6.07, 6.45) is 0.405. The molecule has 1 saturated heterocycles. The van der Waals surface area contributed by atoms with E-state index in [1.807, 2.05) is 18.7 Å². The lowest BCUT2D eigenvalue weighted by Gasteiger charge is -2.27. The fraction of sp³-hybridized carbons (Fsp3) is 0.579. The van der Waals surface area contributed by atoms with Crippen LogP contribution in [0.5, 0.6) is 0 Å². The number of anilines is 1. The molecule has 9 nitrogen and oxygen atoms in total. The van der Waals surface area contributed by atoms with Gasteiger partial charge >= 0.3 is 6.09 Å². The van der Waals surface area contributed by atoms with Crippen LogP contribution in [0.3, 0.4) is 0 Å². The number of nitro benzene ring substituents is 1. The Labute approximate surface area is 175 Å². The number of non-ortho nitro benzene ring substituents is 1. The Hall–Kier alpha value is -2.39. The minimum Gasteiger partial charge on any atom is -0.449 e. The van der Waals surface area contributed by atoms with Crippen LogP contribution in [-0.2, 0) is 9.53 Å². The van der Waals surface area contributed by atoms with Crippen molar-refractivity contribution in [1.82, 2.24) is 9.80 Å². The van der Waals surface area contributed by atoms with E-state index in [0.29, 0.717) is 38.5 Å². The number of amides is 2. The summed E-state index contributed by atoms with van der Waals surface area (Å²) in [5.74, 6) is 0.00831. The zero-order chi connectivity index (χ0) is 21.6. The number of ether oxygens (including phenoxy) is 1. The smallest absolute Gasteiger partial charge is 0.409 e. The first-order valence-corrected chi connectivity index (χ1v) is 9.97. The number of nitrogens with one attached hydrogen (secondary N) is 1. The van der Waals surface area contributed by atoms with Gasteiger partial charge in [0.05, 0.1) is 28.3 Å². The number of nitrogens with zero attached hydrogens (tertiary/aromatic N) is 3. The number of hydrogen-bond donors (Lipinski definition) is 1. The van der Waals surface area contributed by atoms with Crippen molar-refractivity contribution in [2.75, 3.05) is 38.1 Å². The summed E-state index contributed by atoms with van der Waals surface area (Å²) in [6.45, 7) is 8.39. The first kappa shape index (κ1) is 22.9. The minimum atomic E-state index is -0.546. The highest BCUT2D eigenvalue weighted by Gasteiger charge is 2.27. The Kier molecular flexibility index (Phi) is 8.21. The van der Waals surface area contributed by atoms with E-state index in [1.165, 1.54) is 18.2 Å². The van der Waals surface area contributed by atoms with Gasteiger partial charge in [-0.3, -0.25) is 19.8 Å². The van der Waals surface area contributed by atoms with Gasteiger partial charge in [-0.25, -0.2) is 4.79 Å². The molecule has 2 rings (SSSR count). The molecule has 2 amide bonds. The molecule has 1 fully saturated rings. The molecule has 1 aromatic carbocycles. The topological polar surface area (TPSA) is 105 Å².